The van der Waals surface area contributed by atoms with Gasteiger partial charge < -0.3 is 10.4 Å². The van der Waals surface area contributed by atoms with Crippen molar-refractivity contribution in [3.8, 4) is 5.75 Å². The smallest absolute Gasteiger partial charge is 0.263 e. The SMILES string of the molecule is O=C(Nc1cnc(Cl)cn1)c1c(O)cccc1F. The average Bonchev–Trinajstić information content (AvgIpc) is 2.32. The van der Waals surface area contributed by atoms with E-state index in [1.807, 2.05) is 0 Å². The monoisotopic (exact) mass is 267 g/mol. The molecule has 1 amide bonds. The summed E-state index contributed by atoms with van der Waals surface area (Å²) < 4.78 is 13.4. The molecule has 1 aromatic heterocycles. The predicted molar refractivity (Wildman–Crippen MR) is 63.1 cm³/mol. The number of anilines is 1. The summed E-state index contributed by atoms with van der Waals surface area (Å²) in [5.74, 6) is -1.99. The number of aromatic nitrogens is 2. The minimum atomic E-state index is -0.825. The number of nitrogens with zero attached hydrogens (tertiary/aromatic N) is 2. The molecule has 5 nitrogen and oxygen atoms in total. The number of hydrogen-bond donors (Lipinski definition) is 2. The summed E-state index contributed by atoms with van der Waals surface area (Å²) in [5.41, 5.74) is -0.450. The summed E-state index contributed by atoms with van der Waals surface area (Å²) in [6.45, 7) is 0. The van der Waals surface area contributed by atoms with Crippen molar-refractivity contribution in [1.82, 2.24) is 9.97 Å². The topological polar surface area (TPSA) is 75.1 Å². The minimum Gasteiger partial charge on any atom is -0.507 e. The Morgan fingerprint density at radius 1 is 1.33 bits per heavy atom. The fourth-order valence-electron chi connectivity index (χ4n) is 1.29. The van der Waals surface area contributed by atoms with Gasteiger partial charge in [0.05, 0.1) is 12.4 Å². The lowest BCUT2D eigenvalue weighted by Gasteiger charge is -2.06. The van der Waals surface area contributed by atoms with Gasteiger partial charge >= 0.3 is 0 Å². The van der Waals surface area contributed by atoms with Gasteiger partial charge in [-0.2, -0.15) is 0 Å². The molecule has 0 aliphatic carbocycles. The highest BCUT2D eigenvalue weighted by atomic mass is 35.5. The zero-order chi connectivity index (χ0) is 13.1. The van der Waals surface area contributed by atoms with Gasteiger partial charge in [0, 0.05) is 0 Å². The largest absolute Gasteiger partial charge is 0.507 e. The summed E-state index contributed by atoms with van der Waals surface area (Å²) >= 11 is 5.53. The van der Waals surface area contributed by atoms with E-state index in [0.29, 0.717) is 0 Å². The van der Waals surface area contributed by atoms with Crippen LogP contribution in [0.5, 0.6) is 5.75 Å². The maximum Gasteiger partial charge on any atom is 0.263 e. The number of carbonyl (C=O) groups is 1. The van der Waals surface area contributed by atoms with Crippen molar-refractivity contribution in [2.75, 3.05) is 5.32 Å². The molecule has 0 saturated heterocycles. The van der Waals surface area contributed by atoms with Crippen LogP contribution in [0, 0.1) is 5.82 Å². The van der Waals surface area contributed by atoms with Crippen molar-refractivity contribution < 1.29 is 14.3 Å². The van der Waals surface area contributed by atoms with E-state index in [1.165, 1.54) is 24.5 Å². The molecule has 0 aliphatic heterocycles. The highest BCUT2D eigenvalue weighted by Gasteiger charge is 2.16. The highest BCUT2D eigenvalue weighted by molar-refractivity contribution is 6.29. The summed E-state index contributed by atoms with van der Waals surface area (Å²) in [6.07, 6.45) is 2.45. The molecule has 2 aromatic rings. The first kappa shape index (κ1) is 12.3. The molecule has 2 N–H and O–H groups in total. The number of carbonyl (C=O) groups excluding carboxylic acids is 1. The van der Waals surface area contributed by atoms with Crippen LogP contribution in [0.1, 0.15) is 10.4 Å². The number of aromatic hydroxyl groups is 1. The third kappa shape index (κ3) is 2.54. The molecule has 0 unspecified atom stereocenters. The van der Waals surface area contributed by atoms with Crippen LogP contribution in [-0.4, -0.2) is 21.0 Å². The number of amides is 1. The van der Waals surface area contributed by atoms with E-state index >= 15 is 0 Å². The fourth-order valence-corrected chi connectivity index (χ4v) is 1.39. The van der Waals surface area contributed by atoms with E-state index < -0.39 is 23.0 Å². The van der Waals surface area contributed by atoms with Crippen LogP contribution >= 0.6 is 11.6 Å². The summed E-state index contributed by atoms with van der Waals surface area (Å²) in [6, 6.07) is 3.58. The lowest BCUT2D eigenvalue weighted by Crippen LogP contribution is -2.15. The molecule has 7 heteroatoms. The standard InChI is InChI=1S/C11H7ClFN3O2/c12-8-4-15-9(5-14-8)16-11(18)10-6(13)2-1-3-7(10)17/h1-5,17H,(H,15,16,18). The number of rotatable bonds is 2. The molecule has 0 radical (unpaired) electrons. The van der Waals surface area contributed by atoms with Crippen LogP contribution in [0.25, 0.3) is 0 Å². The van der Waals surface area contributed by atoms with E-state index in [0.717, 1.165) is 6.07 Å². The van der Waals surface area contributed by atoms with Crippen molar-refractivity contribution in [3.63, 3.8) is 0 Å². The number of hydrogen-bond acceptors (Lipinski definition) is 4. The Kier molecular flexibility index (Phi) is 3.38. The van der Waals surface area contributed by atoms with Gasteiger partial charge in [-0.15, -0.1) is 0 Å². The number of benzene rings is 1. The van der Waals surface area contributed by atoms with Crippen LogP contribution in [0.15, 0.2) is 30.6 Å². The molecule has 0 saturated carbocycles. The highest BCUT2D eigenvalue weighted by Crippen LogP contribution is 2.20. The van der Waals surface area contributed by atoms with Gasteiger partial charge in [-0.25, -0.2) is 14.4 Å². The summed E-state index contributed by atoms with van der Waals surface area (Å²) in [4.78, 5) is 19.2. The molecule has 0 aliphatic rings. The minimum absolute atomic E-state index is 0.104. The van der Waals surface area contributed by atoms with E-state index in [1.54, 1.807) is 0 Å². The van der Waals surface area contributed by atoms with Crippen LogP contribution in [-0.2, 0) is 0 Å². The third-order valence-electron chi connectivity index (χ3n) is 2.08. The first-order chi connectivity index (χ1) is 8.58. The molecule has 0 fully saturated rings. The van der Waals surface area contributed by atoms with Crippen LogP contribution in [0.2, 0.25) is 5.15 Å². The Labute approximate surface area is 106 Å². The Morgan fingerprint density at radius 3 is 2.72 bits per heavy atom. The molecule has 0 spiro atoms. The van der Waals surface area contributed by atoms with E-state index in [2.05, 4.69) is 15.3 Å². The normalized spacial score (nSPS) is 10.1. The number of phenolic OH excluding ortho intramolecular Hbond substituents is 1. The summed E-state index contributed by atoms with van der Waals surface area (Å²) in [7, 11) is 0. The van der Waals surface area contributed by atoms with Gasteiger partial charge in [-0.1, -0.05) is 17.7 Å². The van der Waals surface area contributed by atoms with Crippen LogP contribution < -0.4 is 5.32 Å². The lowest BCUT2D eigenvalue weighted by molar-refractivity contribution is 0.102. The molecule has 0 bridgehead atoms. The van der Waals surface area contributed by atoms with Gasteiger partial charge in [-0.05, 0) is 12.1 Å². The quantitative estimate of drug-likeness (QED) is 0.875. The molecule has 2 rings (SSSR count). The van der Waals surface area contributed by atoms with Crippen molar-refractivity contribution in [3.05, 3.63) is 47.1 Å². The first-order valence-electron chi connectivity index (χ1n) is 4.84. The summed E-state index contributed by atoms with van der Waals surface area (Å²) in [5, 5.41) is 11.9. The third-order valence-corrected chi connectivity index (χ3v) is 2.28. The molecule has 92 valence electrons. The molecule has 1 aromatic carbocycles. The van der Waals surface area contributed by atoms with Crippen LogP contribution in [0.3, 0.4) is 0 Å². The second kappa shape index (κ2) is 4.97. The van der Waals surface area contributed by atoms with Gasteiger partial charge in [0.25, 0.3) is 5.91 Å². The second-order valence-electron chi connectivity index (χ2n) is 3.31. The second-order valence-corrected chi connectivity index (χ2v) is 3.70. The van der Waals surface area contributed by atoms with Crippen molar-refractivity contribution in [1.29, 1.82) is 0 Å². The lowest BCUT2D eigenvalue weighted by atomic mass is 10.2. The Balaban J connectivity index is 2.25. The van der Waals surface area contributed by atoms with Gasteiger partial charge in [0.1, 0.15) is 22.3 Å². The predicted octanol–water partition coefficient (Wildman–Crippen LogP) is 2.23. The zero-order valence-electron chi connectivity index (χ0n) is 8.89. The Morgan fingerprint density at radius 2 is 2.11 bits per heavy atom. The Bertz CT molecular complexity index is 569. The zero-order valence-corrected chi connectivity index (χ0v) is 9.65. The molecular formula is C11H7ClFN3O2. The van der Waals surface area contributed by atoms with Gasteiger partial charge in [0.15, 0.2) is 5.82 Å². The number of nitrogens with one attached hydrogen (secondary N) is 1. The molecule has 18 heavy (non-hydrogen) atoms. The maximum atomic E-state index is 13.4. The number of phenols is 1. The van der Waals surface area contributed by atoms with E-state index in [4.69, 9.17) is 11.6 Å². The number of halogens is 2. The fraction of sp³-hybridized carbons (Fsp3) is 0. The van der Waals surface area contributed by atoms with Crippen LogP contribution in [0.4, 0.5) is 10.2 Å². The molecule has 1 heterocycles. The van der Waals surface area contributed by atoms with Crippen molar-refractivity contribution >= 4 is 23.3 Å². The first-order valence-corrected chi connectivity index (χ1v) is 5.22. The molecule has 0 atom stereocenters. The Hall–Kier alpha value is -2.21. The van der Waals surface area contributed by atoms with Crippen molar-refractivity contribution in [2.45, 2.75) is 0 Å². The van der Waals surface area contributed by atoms with E-state index in [9.17, 15) is 14.3 Å². The molecular weight excluding hydrogens is 261 g/mol. The maximum absolute atomic E-state index is 13.4. The van der Waals surface area contributed by atoms with Gasteiger partial charge in [0.2, 0.25) is 0 Å². The van der Waals surface area contributed by atoms with Gasteiger partial charge in [-0.3, -0.25) is 4.79 Å². The average molecular weight is 268 g/mol. The van der Waals surface area contributed by atoms with Crippen molar-refractivity contribution in [2.24, 2.45) is 0 Å². The van der Waals surface area contributed by atoms with E-state index in [-0.39, 0.29) is 11.0 Å².